The van der Waals surface area contributed by atoms with Crippen LogP contribution in [0.15, 0.2) is 12.1 Å². The molecule has 2 nitrogen and oxygen atoms in total. The minimum atomic E-state index is 0.282. The number of methoxy groups -OCH3 is 1. The van der Waals surface area contributed by atoms with E-state index in [-0.39, 0.29) is 5.41 Å². The molecule has 1 aromatic rings. The number of aromatic hydroxyl groups is 1. The predicted octanol–water partition coefficient (Wildman–Crippen LogP) is 3.55. The van der Waals surface area contributed by atoms with Gasteiger partial charge in [0.1, 0.15) is 11.5 Å². The largest absolute Gasteiger partial charge is 0.507 e. The maximum absolute atomic E-state index is 10.3. The quantitative estimate of drug-likeness (QED) is 0.802. The molecule has 2 aliphatic rings. The third kappa shape index (κ3) is 1.62. The summed E-state index contributed by atoms with van der Waals surface area (Å²) in [5, 5.41) is 10.3. The first-order valence-corrected chi connectivity index (χ1v) is 6.65. The number of aryl methyl sites for hydroxylation is 1. The molecule has 0 atom stereocenters. The van der Waals surface area contributed by atoms with Crippen molar-refractivity contribution < 1.29 is 9.84 Å². The van der Waals surface area contributed by atoms with E-state index >= 15 is 0 Å². The third-order valence-corrected chi connectivity index (χ3v) is 4.62. The van der Waals surface area contributed by atoms with Gasteiger partial charge in [-0.25, -0.2) is 0 Å². The fraction of sp³-hybridized carbons (Fsp3) is 0.600. The number of fused-ring (bicyclic) bond motifs is 2. The molecule has 0 heterocycles. The molecule has 17 heavy (non-hydrogen) atoms. The van der Waals surface area contributed by atoms with Crippen LogP contribution in [0, 0.1) is 0 Å². The van der Waals surface area contributed by atoms with Gasteiger partial charge in [-0.05, 0) is 42.7 Å². The second kappa shape index (κ2) is 3.94. The SMILES string of the molecule is COc1cc(O)c2c(c1)CCC21CCCCC1. The van der Waals surface area contributed by atoms with Crippen molar-refractivity contribution in [1.29, 1.82) is 0 Å². The number of ether oxygens (including phenoxy) is 1. The number of hydrogen-bond donors (Lipinski definition) is 1. The lowest BCUT2D eigenvalue weighted by molar-refractivity contribution is 0.283. The standard InChI is InChI=1S/C15H20O2/c1-17-12-9-11-5-8-15(6-3-2-4-7-15)14(11)13(16)10-12/h9-10,16H,2-8H2,1H3. The lowest BCUT2D eigenvalue weighted by atomic mass is 9.70. The molecule has 0 radical (unpaired) electrons. The van der Waals surface area contributed by atoms with Gasteiger partial charge in [-0.3, -0.25) is 0 Å². The van der Waals surface area contributed by atoms with Crippen molar-refractivity contribution in [2.24, 2.45) is 0 Å². The molecule has 0 aromatic heterocycles. The Morgan fingerprint density at radius 2 is 1.88 bits per heavy atom. The van der Waals surface area contributed by atoms with Crippen LogP contribution in [0.2, 0.25) is 0 Å². The highest BCUT2D eigenvalue weighted by atomic mass is 16.5. The van der Waals surface area contributed by atoms with Crippen LogP contribution in [0.5, 0.6) is 11.5 Å². The molecule has 0 aliphatic heterocycles. The summed E-state index contributed by atoms with van der Waals surface area (Å²) in [5.74, 6) is 1.24. The topological polar surface area (TPSA) is 29.5 Å². The number of rotatable bonds is 1. The van der Waals surface area contributed by atoms with Crippen LogP contribution in [0.4, 0.5) is 0 Å². The Kier molecular flexibility index (Phi) is 2.53. The van der Waals surface area contributed by atoms with Crippen LogP contribution in [-0.4, -0.2) is 12.2 Å². The molecule has 1 aromatic carbocycles. The van der Waals surface area contributed by atoms with Gasteiger partial charge in [-0.2, -0.15) is 0 Å². The summed E-state index contributed by atoms with van der Waals surface area (Å²) in [7, 11) is 1.66. The number of benzene rings is 1. The molecule has 92 valence electrons. The van der Waals surface area contributed by atoms with E-state index in [1.807, 2.05) is 0 Å². The summed E-state index contributed by atoms with van der Waals surface area (Å²) in [6, 6.07) is 3.89. The van der Waals surface area contributed by atoms with Gasteiger partial charge in [0.05, 0.1) is 7.11 Å². The van der Waals surface area contributed by atoms with Crippen LogP contribution >= 0.6 is 0 Å². The van der Waals surface area contributed by atoms with Crippen LogP contribution in [0.1, 0.15) is 49.7 Å². The van der Waals surface area contributed by atoms with Gasteiger partial charge >= 0.3 is 0 Å². The molecule has 3 rings (SSSR count). The van der Waals surface area contributed by atoms with Gasteiger partial charge in [0.25, 0.3) is 0 Å². The first-order valence-electron chi connectivity index (χ1n) is 6.65. The molecule has 2 aliphatic carbocycles. The molecule has 0 saturated heterocycles. The zero-order chi connectivity index (χ0) is 11.9. The fourth-order valence-corrected chi connectivity index (χ4v) is 3.81. The van der Waals surface area contributed by atoms with E-state index in [9.17, 15) is 5.11 Å². The molecule has 1 saturated carbocycles. The monoisotopic (exact) mass is 232 g/mol. The van der Waals surface area contributed by atoms with Crippen molar-refractivity contribution in [2.75, 3.05) is 7.11 Å². The van der Waals surface area contributed by atoms with Gasteiger partial charge in [0.2, 0.25) is 0 Å². The van der Waals surface area contributed by atoms with E-state index in [0.717, 1.165) is 12.2 Å². The van der Waals surface area contributed by atoms with E-state index in [1.54, 1.807) is 13.2 Å². The lowest BCUT2D eigenvalue weighted by Gasteiger charge is -2.34. The van der Waals surface area contributed by atoms with Crippen LogP contribution in [0.3, 0.4) is 0 Å². The van der Waals surface area contributed by atoms with Crippen molar-refractivity contribution in [3.8, 4) is 11.5 Å². The van der Waals surface area contributed by atoms with Gasteiger partial charge in [0, 0.05) is 11.6 Å². The number of phenols is 1. The van der Waals surface area contributed by atoms with Crippen molar-refractivity contribution in [3.63, 3.8) is 0 Å². The molecular formula is C15H20O2. The molecule has 0 bridgehead atoms. The third-order valence-electron chi connectivity index (χ3n) is 4.62. The van der Waals surface area contributed by atoms with E-state index in [2.05, 4.69) is 6.07 Å². The number of hydrogen-bond acceptors (Lipinski definition) is 2. The highest BCUT2D eigenvalue weighted by Gasteiger charge is 2.41. The average Bonchev–Trinajstić information content (AvgIpc) is 2.69. The Balaban J connectivity index is 2.07. The summed E-state index contributed by atoms with van der Waals surface area (Å²) in [5.41, 5.74) is 2.82. The molecule has 1 N–H and O–H groups in total. The Hall–Kier alpha value is -1.18. The molecule has 0 unspecified atom stereocenters. The average molecular weight is 232 g/mol. The molecule has 1 fully saturated rings. The lowest BCUT2D eigenvalue weighted by Crippen LogP contribution is -2.26. The first-order chi connectivity index (χ1) is 8.25. The zero-order valence-electron chi connectivity index (χ0n) is 10.5. The maximum atomic E-state index is 10.3. The summed E-state index contributed by atoms with van der Waals surface area (Å²) in [4.78, 5) is 0. The van der Waals surface area contributed by atoms with E-state index in [1.165, 1.54) is 49.7 Å². The minimum absolute atomic E-state index is 0.282. The van der Waals surface area contributed by atoms with Crippen molar-refractivity contribution in [3.05, 3.63) is 23.3 Å². The van der Waals surface area contributed by atoms with Crippen LogP contribution < -0.4 is 4.74 Å². The summed E-state index contributed by atoms with van der Waals surface area (Å²) >= 11 is 0. The molecule has 2 heteroatoms. The summed E-state index contributed by atoms with van der Waals surface area (Å²) in [6.07, 6.45) is 8.78. The van der Waals surface area contributed by atoms with Crippen molar-refractivity contribution >= 4 is 0 Å². The van der Waals surface area contributed by atoms with Gasteiger partial charge in [-0.1, -0.05) is 19.3 Å². The van der Waals surface area contributed by atoms with Crippen molar-refractivity contribution in [2.45, 2.75) is 50.4 Å². The van der Waals surface area contributed by atoms with E-state index in [0.29, 0.717) is 5.75 Å². The fourth-order valence-electron chi connectivity index (χ4n) is 3.81. The normalized spacial score (nSPS) is 21.5. The summed E-state index contributed by atoms with van der Waals surface area (Å²) < 4.78 is 5.24. The van der Waals surface area contributed by atoms with Crippen LogP contribution in [-0.2, 0) is 11.8 Å². The van der Waals surface area contributed by atoms with E-state index < -0.39 is 0 Å². The Labute approximate surface area is 103 Å². The van der Waals surface area contributed by atoms with Crippen LogP contribution in [0.25, 0.3) is 0 Å². The Bertz CT molecular complexity index is 431. The van der Waals surface area contributed by atoms with Crippen molar-refractivity contribution in [1.82, 2.24) is 0 Å². The summed E-state index contributed by atoms with van der Waals surface area (Å²) in [6.45, 7) is 0. The second-order valence-corrected chi connectivity index (χ2v) is 5.52. The second-order valence-electron chi connectivity index (χ2n) is 5.52. The predicted molar refractivity (Wildman–Crippen MR) is 67.7 cm³/mol. The van der Waals surface area contributed by atoms with E-state index in [4.69, 9.17) is 4.74 Å². The molecule has 0 amide bonds. The number of phenolic OH excluding ortho intramolecular Hbond substituents is 1. The van der Waals surface area contributed by atoms with Gasteiger partial charge < -0.3 is 9.84 Å². The maximum Gasteiger partial charge on any atom is 0.123 e. The van der Waals surface area contributed by atoms with Gasteiger partial charge in [-0.15, -0.1) is 0 Å². The zero-order valence-corrected chi connectivity index (χ0v) is 10.5. The van der Waals surface area contributed by atoms with Gasteiger partial charge in [0.15, 0.2) is 0 Å². The highest BCUT2D eigenvalue weighted by molar-refractivity contribution is 5.53. The molecule has 1 spiro atoms. The first kappa shape index (κ1) is 10.9. The Morgan fingerprint density at radius 1 is 1.12 bits per heavy atom. The minimum Gasteiger partial charge on any atom is -0.507 e. The molecular weight excluding hydrogens is 212 g/mol. The smallest absolute Gasteiger partial charge is 0.123 e. The Morgan fingerprint density at radius 3 is 2.59 bits per heavy atom. The highest BCUT2D eigenvalue weighted by Crippen LogP contribution is 2.52.